The standard InChI is InChI=1S/C109H173N5O10/c1-9-17-23-29-35-41-47-53-59-65-78-117-100-86-92(87-101(118-79-66-60-54-48-42-36-30-24-18-10-2)104(100)121-82-69-63-57-51-45-39-33-27-21-13-5)123-108(115)90-74-76-98-96(84-90)111-106(113(98)15-7)94-72-71-73-95(110-94)107-112-97-85-91(75-77-99(97)114(107)16-8)109(116)124-93-88-102(119-80-67-61-55-49-43-37-31-25-19-11-3)105(122-83-70-64-58-52-46-40-34-28-22-14-6)103(89-93)120-81-68-62-56-50-44-38-32-26-20-12-4/h71-77,84-89H,9-70,78-83H2,1-8H3. The zero-order chi connectivity index (χ0) is 87.8. The second-order valence-corrected chi connectivity index (χ2v) is 35.6. The number of fused-ring (bicyclic) bond motifs is 2. The number of hydrogen-bond acceptors (Lipinski definition) is 13. The molecule has 0 atom stereocenters. The van der Waals surface area contributed by atoms with Crippen LogP contribution in [0.1, 0.15) is 461 Å². The van der Waals surface area contributed by atoms with Gasteiger partial charge in [-0.15, -0.1) is 0 Å². The molecular weight excluding hydrogens is 1540 g/mol. The highest BCUT2D eigenvalue weighted by atomic mass is 16.6. The average Bonchev–Trinajstić information content (AvgIpc) is 1.63. The van der Waals surface area contributed by atoms with Gasteiger partial charge >= 0.3 is 11.9 Å². The van der Waals surface area contributed by atoms with E-state index in [1.807, 2.05) is 78.9 Å². The number of rotatable bonds is 80. The van der Waals surface area contributed by atoms with Crippen molar-refractivity contribution in [3.05, 3.63) is 90.0 Å². The van der Waals surface area contributed by atoms with Crippen molar-refractivity contribution >= 4 is 34.0 Å². The van der Waals surface area contributed by atoms with Gasteiger partial charge in [0.05, 0.1) is 72.8 Å². The Balaban J connectivity index is 1.10. The molecule has 0 aliphatic carbocycles. The number of carbonyl (C=O) groups is 2. The summed E-state index contributed by atoms with van der Waals surface area (Å²) in [5.74, 6) is 4.33. The van der Waals surface area contributed by atoms with Gasteiger partial charge in [-0.2, -0.15) is 0 Å². The molecular formula is C109H173N5O10. The van der Waals surface area contributed by atoms with Crippen LogP contribution in [0.25, 0.3) is 45.1 Å². The fourth-order valence-electron chi connectivity index (χ4n) is 17.1. The van der Waals surface area contributed by atoms with Crippen LogP contribution in [0, 0.1) is 0 Å². The average molecular weight is 1710 g/mol. The lowest BCUT2D eigenvalue weighted by Crippen LogP contribution is -2.10. The molecule has 7 rings (SSSR count). The van der Waals surface area contributed by atoms with Gasteiger partial charge < -0.3 is 47.0 Å². The molecule has 15 nitrogen and oxygen atoms in total. The molecule has 0 amide bonds. The predicted octanol–water partition coefficient (Wildman–Crippen LogP) is 33.4. The number of hydrogen-bond donors (Lipinski definition) is 0. The summed E-state index contributed by atoms with van der Waals surface area (Å²) in [4.78, 5) is 45.0. The second-order valence-electron chi connectivity index (χ2n) is 35.6. The second kappa shape index (κ2) is 67.0. The maximum atomic E-state index is 14.7. The van der Waals surface area contributed by atoms with Crippen molar-refractivity contribution < 1.29 is 47.5 Å². The third kappa shape index (κ3) is 40.8. The maximum absolute atomic E-state index is 14.7. The summed E-state index contributed by atoms with van der Waals surface area (Å²) < 4.78 is 57.3. The number of ether oxygens (including phenoxy) is 8. The Labute approximate surface area is 753 Å². The molecule has 3 aromatic heterocycles. The smallest absolute Gasteiger partial charge is 0.343 e. The number of imidazole rings is 2. The zero-order valence-corrected chi connectivity index (χ0v) is 79.9. The molecule has 0 aliphatic rings. The van der Waals surface area contributed by atoms with Crippen LogP contribution in [0.5, 0.6) is 46.0 Å². The van der Waals surface area contributed by atoms with Gasteiger partial charge in [0.1, 0.15) is 22.9 Å². The van der Waals surface area contributed by atoms with Gasteiger partial charge in [-0.1, -0.05) is 394 Å². The van der Waals surface area contributed by atoms with E-state index in [0.717, 1.165) is 88.1 Å². The van der Waals surface area contributed by atoms with E-state index in [-0.39, 0.29) is 0 Å². The lowest BCUT2D eigenvalue weighted by Gasteiger charge is -2.19. The van der Waals surface area contributed by atoms with Crippen molar-refractivity contribution in [1.82, 2.24) is 24.1 Å². The predicted molar refractivity (Wildman–Crippen MR) is 520 cm³/mol. The third-order valence-corrected chi connectivity index (χ3v) is 24.7. The van der Waals surface area contributed by atoms with Crippen molar-refractivity contribution in [1.29, 1.82) is 0 Å². The van der Waals surface area contributed by atoms with Crippen LogP contribution in [0.2, 0.25) is 0 Å². The number of benzene rings is 4. The molecule has 0 radical (unpaired) electrons. The van der Waals surface area contributed by atoms with Gasteiger partial charge in [-0.3, -0.25) is 0 Å². The highest BCUT2D eigenvalue weighted by molar-refractivity contribution is 5.97. The van der Waals surface area contributed by atoms with E-state index in [1.54, 1.807) is 0 Å². The van der Waals surface area contributed by atoms with Crippen molar-refractivity contribution in [2.45, 2.75) is 454 Å². The fraction of sp³-hybridized carbons (Fsp3) is 0.697. The first-order valence-electron chi connectivity index (χ1n) is 51.7. The van der Waals surface area contributed by atoms with Crippen LogP contribution < -0.4 is 37.9 Å². The fourth-order valence-corrected chi connectivity index (χ4v) is 17.1. The first-order valence-corrected chi connectivity index (χ1v) is 51.7. The normalized spacial score (nSPS) is 11.5. The van der Waals surface area contributed by atoms with E-state index in [4.69, 9.17) is 52.8 Å². The highest BCUT2D eigenvalue weighted by Crippen LogP contribution is 2.45. The number of pyridine rings is 1. The van der Waals surface area contributed by atoms with Gasteiger partial charge in [0.15, 0.2) is 34.6 Å². The van der Waals surface area contributed by atoms with Gasteiger partial charge in [-0.25, -0.2) is 24.5 Å². The summed E-state index contributed by atoms with van der Waals surface area (Å²) in [6.45, 7) is 22.2. The number of nitrogens with zero attached hydrogens (tertiary/aromatic N) is 5. The Hall–Kier alpha value is -7.29. The summed E-state index contributed by atoms with van der Waals surface area (Å²) in [6.07, 6.45) is 74.1. The molecule has 3 heterocycles. The first-order chi connectivity index (χ1) is 61.2. The van der Waals surface area contributed by atoms with E-state index in [2.05, 4.69) is 64.5 Å². The minimum absolute atomic E-state index is 0.340. The lowest BCUT2D eigenvalue weighted by atomic mass is 10.1. The molecule has 15 heteroatoms. The maximum Gasteiger partial charge on any atom is 0.343 e. The van der Waals surface area contributed by atoms with Crippen LogP contribution in [0.15, 0.2) is 78.9 Å². The minimum Gasteiger partial charge on any atom is -0.489 e. The molecule has 124 heavy (non-hydrogen) atoms. The molecule has 0 saturated heterocycles. The molecule has 0 spiro atoms. The number of carbonyl (C=O) groups excluding carboxylic acids is 2. The molecule has 0 bridgehead atoms. The number of aryl methyl sites for hydroxylation is 2. The van der Waals surface area contributed by atoms with E-state index in [1.165, 1.54) is 308 Å². The molecule has 694 valence electrons. The Morgan fingerprint density at radius 2 is 0.468 bits per heavy atom. The lowest BCUT2D eigenvalue weighted by molar-refractivity contribution is 0.0724. The third-order valence-electron chi connectivity index (χ3n) is 24.7. The van der Waals surface area contributed by atoms with Crippen molar-refractivity contribution in [3.63, 3.8) is 0 Å². The number of esters is 2. The summed E-state index contributed by atoms with van der Waals surface area (Å²) in [7, 11) is 0. The Morgan fingerprint density at radius 1 is 0.250 bits per heavy atom. The SMILES string of the molecule is CCCCCCCCCCCCOc1cc(OC(=O)c2ccc3c(c2)nc(-c2cccc(-c4nc5cc(C(=O)Oc6cc(OCCCCCCCCCCCC)c(OCCCCCCCCCCCC)c(OCCCCCCCCCCCC)c6)ccc5n4CC)n2)n3CC)cc(OCCCCCCCCCCCC)c1OCCCCCCCCCCCC. The molecule has 0 saturated carbocycles. The Kier molecular flexibility index (Phi) is 56.1. The number of unbranched alkanes of at least 4 members (excludes halogenated alkanes) is 54. The highest BCUT2D eigenvalue weighted by Gasteiger charge is 2.25. The van der Waals surface area contributed by atoms with Crippen molar-refractivity contribution in [2.75, 3.05) is 39.6 Å². The van der Waals surface area contributed by atoms with Gasteiger partial charge in [-0.05, 0) is 101 Å². The van der Waals surface area contributed by atoms with Crippen LogP contribution in [-0.2, 0) is 13.1 Å². The quantitative estimate of drug-likeness (QED) is 0.0202. The Morgan fingerprint density at radius 3 is 0.694 bits per heavy atom. The van der Waals surface area contributed by atoms with Gasteiger partial charge in [0.2, 0.25) is 11.5 Å². The van der Waals surface area contributed by atoms with Gasteiger partial charge in [0, 0.05) is 37.4 Å². The van der Waals surface area contributed by atoms with Crippen LogP contribution in [0.3, 0.4) is 0 Å². The van der Waals surface area contributed by atoms with E-state index >= 15 is 0 Å². The van der Waals surface area contributed by atoms with Crippen molar-refractivity contribution in [3.8, 4) is 69.0 Å². The molecule has 0 unspecified atom stereocenters. The molecule has 0 aliphatic heterocycles. The molecule has 7 aromatic rings. The molecule has 4 aromatic carbocycles. The summed E-state index contributed by atoms with van der Waals surface area (Å²) in [5, 5.41) is 0. The molecule has 0 fully saturated rings. The largest absolute Gasteiger partial charge is 0.489 e. The molecule has 0 N–H and O–H groups in total. The topological polar surface area (TPSA) is 157 Å². The summed E-state index contributed by atoms with van der Waals surface area (Å²) in [6, 6.07) is 24.4. The van der Waals surface area contributed by atoms with Crippen LogP contribution >= 0.6 is 0 Å². The zero-order valence-electron chi connectivity index (χ0n) is 79.9. The van der Waals surface area contributed by atoms with Crippen LogP contribution in [0.4, 0.5) is 0 Å². The Bertz CT molecular complexity index is 3580. The minimum atomic E-state index is -0.513. The van der Waals surface area contributed by atoms with E-state index < -0.39 is 11.9 Å². The van der Waals surface area contributed by atoms with E-state index in [9.17, 15) is 9.59 Å². The number of aromatic nitrogens is 5. The van der Waals surface area contributed by atoms with E-state index in [0.29, 0.717) is 144 Å². The monoisotopic (exact) mass is 1710 g/mol. The van der Waals surface area contributed by atoms with Gasteiger partial charge in [0.25, 0.3) is 0 Å². The summed E-state index contributed by atoms with van der Waals surface area (Å²) in [5.41, 5.74) is 5.03. The summed E-state index contributed by atoms with van der Waals surface area (Å²) >= 11 is 0. The first kappa shape index (κ1) is 104. The van der Waals surface area contributed by atoms with Crippen molar-refractivity contribution in [2.24, 2.45) is 0 Å². The van der Waals surface area contributed by atoms with Crippen LogP contribution in [-0.4, -0.2) is 75.7 Å².